The SMILES string of the molecule is CN(C)CCCNC(=O)CSc1nnc(-c2ccc(F)cc2)n1-c1ccccc1. The fourth-order valence-electron chi connectivity index (χ4n) is 2.76. The van der Waals surface area contributed by atoms with Gasteiger partial charge in [-0.2, -0.15) is 0 Å². The summed E-state index contributed by atoms with van der Waals surface area (Å²) in [6.07, 6.45) is 0.901. The molecule has 0 aliphatic carbocycles. The predicted octanol–water partition coefficient (Wildman–Crippen LogP) is 3.23. The molecule has 0 unspecified atom stereocenters. The van der Waals surface area contributed by atoms with Crippen molar-refractivity contribution in [2.24, 2.45) is 0 Å². The fourth-order valence-corrected chi connectivity index (χ4v) is 3.55. The number of thioether (sulfide) groups is 1. The molecule has 0 radical (unpaired) electrons. The maximum absolute atomic E-state index is 13.3. The van der Waals surface area contributed by atoms with Crippen molar-refractivity contribution in [1.29, 1.82) is 0 Å². The molecule has 1 heterocycles. The van der Waals surface area contributed by atoms with Gasteiger partial charge in [0, 0.05) is 17.8 Å². The Kier molecular flexibility index (Phi) is 7.37. The molecule has 1 N–H and O–H groups in total. The Morgan fingerprint density at radius 3 is 2.52 bits per heavy atom. The second-order valence-corrected chi connectivity index (χ2v) is 7.72. The van der Waals surface area contributed by atoms with Gasteiger partial charge in [-0.3, -0.25) is 9.36 Å². The third kappa shape index (κ3) is 5.88. The number of para-hydroxylation sites is 1. The molecule has 0 saturated heterocycles. The fraction of sp³-hybridized carbons (Fsp3) is 0.286. The molecule has 0 bridgehead atoms. The van der Waals surface area contributed by atoms with E-state index in [1.807, 2.05) is 49.0 Å². The first-order valence-corrected chi connectivity index (χ1v) is 10.3. The Morgan fingerprint density at radius 2 is 1.83 bits per heavy atom. The molecule has 0 aliphatic heterocycles. The summed E-state index contributed by atoms with van der Waals surface area (Å²) in [7, 11) is 4.01. The van der Waals surface area contributed by atoms with Gasteiger partial charge in [-0.15, -0.1) is 10.2 Å². The minimum Gasteiger partial charge on any atom is -0.355 e. The van der Waals surface area contributed by atoms with E-state index in [0.29, 0.717) is 17.5 Å². The topological polar surface area (TPSA) is 63.1 Å². The second-order valence-electron chi connectivity index (χ2n) is 6.78. The number of rotatable bonds is 9. The van der Waals surface area contributed by atoms with Gasteiger partial charge in [-0.1, -0.05) is 30.0 Å². The Labute approximate surface area is 174 Å². The molecule has 0 saturated carbocycles. The summed E-state index contributed by atoms with van der Waals surface area (Å²) in [5.41, 5.74) is 1.63. The molecule has 29 heavy (non-hydrogen) atoms. The average Bonchev–Trinajstić information content (AvgIpc) is 3.14. The highest BCUT2D eigenvalue weighted by Gasteiger charge is 2.17. The van der Waals surface area contributed by atoms with E-state index in [9.17, 15) is 9.18 Å². The number of benzene rings is 2. The zero-order chi connectivity index (χ0) is 20.6. The monoisotopic (exact) mass is 413 g/mol. The summed E-state index contributed by atoms with van der Waals surface area (Å²) >= 11 is 1.33. The van der Waals surface area contributed by atoms with Crippen LogP contribution < -0.4 is 5.32 Å². The van der Waals surface area contributed by atoms with Crippen molar-refractivity contribution in [1.82, 2.24) is 25.0 Å². The number of carbonyl (C=O) groups is 1. The normalized spacial score (nSPS) is 11.0. The van der Waals surface area contributed by atoms with Gasteiger partial charge >= 0.3 is 0 Å². The third-order valence-corrected chi connectivity index (χ3v) is 5.12. The molecule has 2 aromatic carbocycles. The molecule has 3 rings (SSSR count). The molecule has 0 spiro atoms. The second kappa shape index (κ2) is 10.2. The van der Waals surface area contributed by atoms with Crippen molar-refractivity contribution in [3.8, 4) is 17.1 Å². The van der Waals surface area contributed by atoms with Crippen LogP contribution in [0.25, 0.3) is 17.1 Å². The summed E-state index contributed by atoms with van der Waals surface area (Å²) in [6.45, 7) is 1.57. The van der Waals surface area contributed by atoms with Gasteiger partial charge in [0.1, 0.15) is 5.82 Å². The summed E-state index contributed by atoms with van der Waals surface area (Å²) in [6, 6.07) is 15.8. The van der Waals surface area contributed by atoms with Crippen molar-refractivity contribution in [2.45, 2.75) is 11.6 Å². The van der Waals surface area contributed by atoms with E-state index in [-0.39, 0.29) is 17.5 Å². The van der Waals surface area contributed by atoms with Crippen molar-refractivity contribution < 1.29 is 9.18 Å². The van der Waals surface area contributed by atoms with E-state index in [2.05, 4.69) is 20.4 Å². The van der Waals surface area contributed by atoms with E-state index in [1.54, 1.807) is 12.1 Å². The van der Waals surface area contributed by atoms with Gasteiger partial charge < -0.3 is 10.2 Å². The molecular weight excluding hydrogens is 389 g/mol. The van der Waals surface area contributed by atoms with Crippen molar-refractivity contribution in [3.63, 3.8) is 0 Å². The first kappa shape index (κ1) is 21.0. The number of hydrogen-bond donors (Lipinski definition) is 1. The number of nitrogens with one attached hydrogen (secondary N) is 1. The minimum atomic E-state index is -0.305. The predicted molar refractivity (Wildman–Crippen MR) is 114 cm³/mol. The van der Waals surface area contributed by atoms with Gasteiger partial charge in [0.25, 0.3) is 0 Å². The van der Waals surface area contributed by atoms with E-state index in [1.165, 1.54) is 23.9 Å². The molecule has 0 atom stereocenters. The number of nitrogens with zero attached hydrogens (tertiary/aromatic N) is 4. The molecule has 1 amide bonds. The lowest BCUT2D eigenvalue weighted by molar-refractivity contribution is -0.118. The largest absolute Gasteiger partial charge is 0.355 e. The Hall–Kier alpha value is -2.71. The van der Waals surface area contributed by atoms with Crippen LogP contribution in [0.1, 0.15) is 6.42 Å². The first-order chi connectivity index (χ1) is 14.0. The maximum Gasteiger partial charge on any atom is 0.230 e. The van der Waals surface area contributed by atoms with E-state index in [0.717, 1.165) is 24.2 Å². The highest BCUT2D eigenvalue weighted by atomic mass is 32.2. The van der Waals surface area contributed by atoms with Crippen molar-refractivity contribution >= 4 is 17.7 Å². The minimum absolute atomic E-state index is 0.0419. The van der Waals surface area contributed by atoms with Gasteiger partial charge in [0.05, 0.1) is 5.75 Å². The molecule has 6 nitrogen and oxygen atoms in total. The van der Waals surface area contributed by atoms with Crippen LogP contribution in [-0.4, -0.2) is 58.5 Å². The van der Waals surface area contributed by atoms with Crippen LogP contribution in [0.2, 0.25) is 0 Å². The smallest absolute Gasteiger partial charge is 0.230 e. The number of halogens is 1. The summed E-state index contributed by atoms with van der Waals surface area (Å²) in [4.78, 5) is 14.3. The summed E-state index contributed by atoms with van der Waals surface area (Å²) < 4.78 is 15.2. The maximum atomic E-state index is 13.3. The zero-order valence-electron chi connectivity index (χ0n) is 16.5. The Morgan fingerprint density at radius 1 is 1.10 bits per heavy atom. The molecule has 8 heteroatoms. The average molecular weight is 414 g/mol. The molecule has 0 aliphatic rings. The van der Waals surface area contributed by atoms with Crippen LogP contribution >= 0.6 is 11.8 Å². The molecule has 1 aromatic heterocycles. The standard InChI is InChI=1S/C21H24FN5OS/c1-26(2)14-6-13-23-19(28)15-29-21-25-24-20(16-9-11-17(22)12-10-16)27(21)18-7-4-3-5-8-18/h3-5,7-12H,6,13-15H2,1-2H3,(H,23,28). The third-order valence-electron chi connectivity index (χ3n) is 4.19. The Bertz CT molecular complexity index is 928. The van der Waals surface area contributed by atoms with Crippen LogP contribution in [0.15, 0.2) is 59.8 Å². The molecule has 0 fully saturated rings. The molecule has 3 aromatic rings. The van der Waals surface area contributed by atoms with Gasteiger partial charge in [0.2, 0.25) is 5.91 Å². The van der Waals surface area contributed by atoms with Gasteiger partial charge in [0.15, 0.2) is 11.0 Å². The van der Waals surface area contributed by atoms with E-state index >= 15 is 0 Å². The van der Waals surface area contributed by atoms with Crippen LogP contribution in [0.4, 0.5) is 4.39 Å². The van der Waals surface area contributed by atoms with Crippen LogP contribution in [0.3, 0.4) is 0 Å². The van der Waals surface area contributed by atoms with Crippen molar-refractivity contribution in [2.75, 3.05) is 32.9 Å². The van der Waals surface area contributed by atoms with Gasteiger partial charge in [-0.05, 0) is 63.5 Å². The summed E-state index contributed by atoms with van der Waals surface area (Å²) in [5.74, 6) is 0.501. The van der Waals surface area contributed by atoms with Crippen LogP contribution in [-0.2, 0) is 4.79 Å². The molecular formula is C21H24FN5OS. The quantitative estimate of drug-likeness (QED) is 0.431. The van der Waals surface area contributed by atoms with Crippen LogP contribution in [0, 0.1) is 5.82 Å². The highest BCUT2D eigenvalue weighted by Crippen LogP contribution is 2.27. The van der Waals surface area contributed by atoms with Crippen LogP contribution in [0.5, 0.6) is 0 Å². The van der Waals surface area contributed by atoms with Crippen molar-refractivity contribution in [3.05, 3.63) is 60.4 Å². The van der Waals surface area contributed by atoms with Gasteiger partial charge in [-0.25, -0.2) is 4.39 Å². The Balaban J connectivity index is 1.75. The first-order valence-electron chi connectivity index (χ1n) is 9.35. The lowest BCUT2D eigenvalue weighted by Gasteiger charge is -2.11. The lowest BCUT2D eigenvalue weighted by atomic mass is 10.2. The summed E-state index contributed by atoms with van der Waals surface area (Å²) in [5, 5.41) is 12.1. The number of aromatic nitrogens is 3. The number of carbonyl (C=O) groups excluding carboxylic acids is 1. The number of amides is 1. The number of hydrogen-bond acceptors (Lipinski definition) is 5. The lowest BCUT2D eigenvalue weighted by Crippen LogP contribution is -2.28. The zero-order valence-corrected chi connectivity index (χ0v) is 17.3. The molecule has 152 valence electrons. The highest BCUT2D eigenvalue weighted by molar-refractivity contribution is 7.99. The van der Waals surface area contributed by atoms with E-state index < -0.39 is 0 Å². The van der Waals surface area contributed by atoms with E-state index in [4.69, 9.17) is 0 Å².